The molecule has 1 aliphatic carbocycles. The van der Waals surface area contributed by atoms with Crippen LogP contribution in [0, 0.1) is 5.82 Å². The zero-order valence-corrected chi connectivity index (χ0v) is 18.6. The molecule has 7 heteroatoms. The van der Waals surface area contributed by atoms with Crippen molar-refractivity contribution in [2.24, 2.45) is 0 Å². The maximum Gasteiger partial charge on any atom is 0.252 e. The molecular formula is C27H25FN2O4. The molecule has 2 N–H and O–H groups in total. The molecule has 1 saturated carbocycles. The van der Waals surface area contributed by atoms with Crippen LogP contribution in [0.3, 0.4) is 0 Å². The lowest BCUT2D eigenvalue weighted by Gasteiger charge is -2.30. The van der Waals surface area contributed by atoms with Crippen molar-refractivity contribution in [3.8, 4) is 0 Å². The van der Waals surface area contributed by atoms with Crippen LogP contribution in [0.4, 0.5) is 4.39 Å². The highest BCUT2D eigenvalue weighted by Gasteiger charge is 2.55. The van der Waals surface area contributed by atoms with Gasteiger partial charge in [-0.05, 0) is 53.8 Å². The molecule has 0 aromatic heterocycles. The summed E-state index contributed by atoms with van der Waals surface area (Å²) in [6.07, 6.45) is 1.81. The number of Topliss-reactive ketones (excluding diaryl/α,β-unsaturated/α-hetero) is 1. The van der Waals surface area contributed by atoms with E-state index in [1.165, 1.54) is 12.1 Å². The van der Waals surface area contributed by atoms with Crippen LogP contribution in [0.2, 0.25) is 0 Å². The zero-order chi connectivity index (χ0) is 23.7. The summed E-state index contributed by atoms with van der Waals surface area (Å²) < 4.78 is 19.0. The number of amides is 2. The monoisotopic (exact) mass is 460 g/mol. The van der Waals surface area contributed by atoms with Crippen molar-refractivity contribution < 1.29 is 23.5 Å². The number of benzene rings is 3. The van der Waals surface area contributed by atoms with Gasteiger partial charge in [-0.3, -0.25) is 14.4 Å². The van der Waals surface area contributed by atoms with Crippen molar-refractivity contribution in [2.75, 3.05) is 6.61 Å². The Morgan fingerprint density at radius 2 is 1.82 bits per heavy atom. The lowest BCUT2D eigenvalue weighted by atomic mass is 9.91. The standard InChI is InChI=1S/C27H25FN2O4/c28-19-12-10-17(11-13-19)15-22(26(33)30-27-14-4-9-24(27)34-16-23(27)31)29-25(32)21-8-3-6-18-5-1-2-7-20(18)21/h1-3,5-8,10-13,22,24H,4,9,14-16H2,(H,29,32)(H,30,33). The van der Waals surface area contributed by atoms with Crippen LogP contribution >= 0.6 is 0 Å². The van der Waals surface area contributed by atoms with Gasteiger partial charge in [0.2, 0.25) is 5.91 Å². The van der Waals surface area contributed by atoms with Crippen LogP contribution in [-0.4, -0.2) is 41.9 Å². The van der Waals surface area contributed by atoms with E-state index in [4.69, 9.17) is 4.74 Å². The molecular weight excluding hydrogens is 435 g/mol. The number of ketones is 1. The van der Waals surface area contributed by atoms with Gasteiger partial charge >= 0.3 is 0 Å². The highest BCUT2D eigenvalue weighted by molar-refractivity contribution is 6.08. The number of hydrogen-bond donors (Lipinski definition) is 2. The average Bonchev–Trinajstić information content (AvgIpc) is 3.38. The first-order valence-electron chi connectivity index (χ1n) is 11.5. The zero-order valence-electron chi connectivity index (χ0n) is 18.6. The lowest BCUT2D eigenvalue weighted by molar-refractivity contribution is -0.131. The first kappa shape index (κ1) is 22.2. The largest absolute Gasteiger partial charge is 0.367 e. The summed E-state index contributed by atoms with van der Waals surface area (Å²) in [6, 6.07) is 17.8. The number of halogens is 1. The van der Waals surface area contributed by atoms with Crippen molar-refractivity contribution in [3.05, 3.63) is 83.7 Å². The first-order valence-corrected chi connectivity index (χ1v) is 11.5. The number of hydrogen-bond acceptors (Lipinski definition) is 4. The minimum Gasteiger partial charge on any atom is -0.367 e. The van der Waals surface area contributed by atoms with Crippen LogP contribution in [0.25, 0.3) is 10.8 Å². The predicted molar refractivity (Wildman–Crippen MR) is 125 cm³/mol. The van der Waals surface area contributed by atoms with Crippen molar-refractivity contribution in [2.45, 2.75) is 43.4 Å². The Bertz CT molecular complexity index is 1250. The third-order valence-electron chi connectivity index (χ3n) is 6.86. The molecule has 6 nitrogen and oxygen atoms in total. The van der Waals surface area contributed by atoms with E-state index in [-0.39, 0.29) is 30.7 Å². The van der Waals surface area contributed by atoms with Crippen LogP contribution in [0.15, 0.2) is 66.7 Å². The second-order valence-electron chi connectivity index (χ2n) is 8.96. The molecule has 34 heavy (non-hydrogen) atoms. The fraction of sp³-hybridized carbons (Fsp3) is 0.296. The quantitative estimate of drug-likeness (QED) is 0.591. The average molecular weight is 461 g/mol. The predicted octanol–water partition coefficient (Wildman–Crippen LogP) is 3.33. The molecule has 1 aliphatic heterocycles. The molecule has 0 spiro atoms. The van der Waals surface area contributed by atoms with Crippen LogP contribution in [0.1, 0.15) is 35.2 Å². The summed E-state index contributed by atoms with van der Waals surface area (Å²) in [7, 11) is 0. The summed E-state index contributed by atoms with van der Waals surface area (Å²) >= 11 is 0. The van der Waals surface area contributed by atoms with Gasteiger partial charge in [0.1, 0.15) is 24.0 Å². The number of carbonyl (C=O) groups excluding carboxylic acids is 3. The van der Waals surface area contributed by atoms with Crippen LogP contribution in [-0.2, 0) is 20.7 Å². The number of fused-ring (bicyclic) bond motifs is 2. The van der Waals surface area contributed by atoms with Crippen LogP contribution < -0.4 is 10.6 Å². The highest BCUT2D eigenvalue weighted by atomic mass is 19.1. The molecule has 174 valence electrons. The molecule has 3 unspecified atom stereocenters. The second-order valence-corrected chi connectivity index (χ2v) is 8.96. The smallest absolute Gasteiger partial charge is 0.252 e. The number of carbonyl (C=O) groups is 3. The fourth-order valence-electron chi connectivity index (χ4n) is 5.07. The van der Waals surface area contributed by atoms with Gasteiger partial charge in [0.05, 0.1) is 6.10 Å². The molecule has 1 heterocycles. The first-order chi connectivity index (χ1) is 16.5. The molecule has 1 saturated heterocycles. The molecule has 0 bridgehead atoms. The fourth-order valence-corrected chi connectivity index (χ4v) is 5.07. The van der Waals surface area contributed by atoms with E-state index in [2.05, 4.69) is 10.6 Å². The Labute approximate surface area is 196 Å². The van der Waals surface area contributed by atoms with Crippen molar-refractivity contribution in [1.29, 1.82) is 0 Å². The molecule has 2 amide bonds. The van der Waals surface area contributed by atoms with E-state index < -0.39 is 23.4 Å². The van der Waals surface area contributed by atoms with Crippen molar-refractivity contribution in [3.63, 3.8) is 0 Å². The number of ether oxygens (including phenoxy) is 1. The minimum atomic E-state index is -1.04. The topological polar surface area (TPSA) is 84.5 Å². The Kier molecular flexibility index (Phi) is 5.87. The Morgan fingerprint density at radius 1 is 1.06 bits per heavy atom. The number of rotatable bonds is 6. The van der Waals surface area contributed by atoms with Crippen molar-refractivity contribution in [1.82, 2.24) is 10.6 Å². The molecule has 3 aromatic carbocycles. The third-order valence-corrected chi connectivity index (χ3v) is 6.86. The minimum absolute atomic E-state index is 0.0179. The third kappa shape index (κ3) is 4.07. The summed E-state index contributed by atoms with van der Waals surface area (Å²) in [6.45, 7) is -0.0179. The molecule has 5 rings (SSSR count). The van der Waals surface area contributed by atoms with E-state index in [1.807, 2.05) is 30.3 Å². The maximum absolute atomic E-state index is 13.5. The van der Waals surface area contributed by atoms with E-state index in [9.17, 15) is 18.8 Å². The second kappa shape index (κ2) is 8.99. The Morgan fingerprint density at radius 3 is 2.65 bits per heavy atom. The van der Waals surface area contributed by atoms with Crippen molar-refractivity contribution >= 4 is 28.4 Å². The van der Waals surface area contributed by atoms with Crippen LogP contribution in [0.5, 0.6) is 0 Å². The van der Waals surface area contributed by atoms with E-state index in [0.29, 0.717) is 24.0 Å². The van der Waals surface area contributed by atoms with Gasteiger partial charge in [0, 0.05) is 12.0 Å². The normalized spacial score (nSPS) is 22.4. The van der Waals surface area contributed by atoms with E-state index in [0.717, 1.165) is 17.2 Å². The summed E-state index contributed by atoms with van der Waals surface area (Å²) in [5, 5.41) is 7.47. The molecule has 2 aliphatic rings. The number of nitrogens with one attached hydrogen (secondary N) is 2. The van der Waals surface area contributed by atoms with Gasteiger partial charge in [0.25, 0.3) is 5.91 Å². The van der Waals surface area contributed by atoms with Gasteiger partial charge < -0.3 is 15.4 Å². The van der Waals surface area contributed by atoms with E-state index >= 15 is 0 Å². The maximum atomic E-state index is 13.5. The van der Waals surface area contributed by atoms with Gasteiger partial charge in [0.15, 0.2) is 5.78 Å². The van der Waals surface area contributed by atoms with Gasteiger partial charge in [-0.1, -0.05) is 48.5 Å². The summed E-state index contributed by atoms with van der Waals surface area (Å²) in [5.41, 5.74) is 0.101. The van der Waals surface area contributed by atoms with Gasteiger partial charge in [-0.25, -0.2) is 4.39 Å². The van der Waals surface area contributed by atoms with Gasteiger partial charge in [-0.15, -0.1) is 0 Å². The molecule has 0 radical (unpaired) electrons. The summed E-state index contributed by atoms with van der Waals surface area (Å²) in [5.74, 6) is -1.37. The Balaban J connectivity index is 1.43. The molecule has 3 atom stereocenters. The lowest BCUT2D eigenvalue weighted by Crippen LogP contribution is -2.60. The Hall–Kier alpha value is -3.58. The highest BCUT2D eigenvalue weighted by Crippen LogP contribution is 2.37. The van der Waals surface area contributed by atoms with Gasteiger partial charge in [-0.2, -0.15) is 0 Å². The summed E-state index contributed by atoms with van der Waals surface area (Å²) in [4.78, 5) is 39.4. The SMILES string of the molecule is O=C(NC(Cc1ccc(F)cc1)C(=O)NC12CCCC1OCC2=O)c1cccc2ccccc12. The van der Waals surface area contributed by atoms with E-state index in [1.54, 1.807) is 24.3 Å². The molecule has 3 aromatic rings. The molecule has 2 fully saturated rings.